The third kappa shape index (κ3) is 4.39. The number of hydrogen-bond donors (Lipinski definition) is 0. The van der Waals surface area contributed by atoms with Crippen LogP contribution in [0, 0.1) is 5.82 Å². The monoisotopic (exact) mass is 419 g/mol. The first-order valence-corrected chi connectivity index (χ1v) is 10.7. The van der Waals surface area contributed by atoms with Gasteiger partial charge in [-0.3, -0.25) is 14.7 Å². The van der Waals surface area contributed by atoms with Crippen molar-refractivity contribution >= 4 is 32.6 Å². The van der Waals surface area contributed by atoms with Crippen molar-refractivity contribution in [2.45, 2.75) is 32.7 Å². The van der Waals surface area contributed by atoms with Gasteiger partial charge in [0.15, 0.2) is 5.13 Å². The lowest BCUT2D eigenvalue weighted by molar-refractivity contribution is -0.118. The van der Waals surface area contributed by atoms with E-state index in [4.69, 9.17) is 0 Å². The summed E-state index contributed by atoms with van der Waals surface area (Å²) in [7, 11) is 0. The number of amides is 1. The molecule has 2 heterocycles. The Kier molecular flexibility index (Phi) is 5.86. The summed E-state index contributed by atoms with van der Waals surface area (Å²) in [5.41, 5.74) is 3.21. The number of carbonyl (C=O) groups excluding carboxylic acids is 1. The summed E-state index contributed by atoms with van der Waals surface area (Å²) < 4.78 is 14.9. The molecule has 2 aromatic heterocycles. The van der Waals surface area contributed by atoms with Crippen LogP contribution < -0.4 is 4.90 Å². The number of nitrogens with zero attached hydrogens (tertiary/aromatic N) is 3. The van der Waals surface area contributed by atoms with Crippen LogP contribution in [0.2, 0.25) is 0 Å². The second-order valence-electron chi connectivity index (χ2n) is 7.46. The van der Waals surface area contributed by atoms with Crippen LogP contribution in [-0.4, -0.2) is 15.9 Å². The molecule has 0 aliphatic carbocycles. The van der Waals surface area contributed by atoms with Crippen molar-refractivity contribution in [3.05, 3.63) is 89.5 Å². The highest BCUT2D eigenvalue weighted by Crippen LogP contribution is 2.31. The van der Waals surface area contributed by atoms with Crippen LogP contribution in [0.4, 0.5) is 9.52 Å². The van der Waals surface area contributed by atoms with Crippen molar-refractivity contribution in [3.63, 3.8) is 0 Å². The van der Waals surface area contributed by atoms with Gasteiger partial charge >= 0.3 is 0 Å². The number of rotatable bonds is 6. The number of anilines is 1. The lowest BCUT2D eigenvalue weighted by Crippen LogP contribution is -2.32. The fourth-order valence-corrected chi connectivity index (χ4v) is 4.22. The van der Waals surface area contributed by atoms with Crippen molar-refractivity contribution in [2.75, 3.05) is 4.90 Å². The zero-order valence-corrected chi connectivity index (χ0v) is 17.7. The van der Waals surface area contributed by atoms with Gasteiger partial charge in [-0.05, 0) is 41.3 Å². The SMILES string of the molecule is CC(C)c1ccc(CC(=O)N(Cc2ccccn2)c2nc3c(F)cccc3s2)cc1. The van der Waals surface area contributed by atoms with Crippen LogP contribution in [0.5, 0.6) is 0 Å². The Morgan fingerprint density at radius 2 is 1.87 bits per heavy atom. The van der Waals surface area contributed by atoms with E-state index >= 15 is 0 Å². The first-order chi connectivity index (χ1) is 14.5. The summed E-state index contributed by atoms with van der Waals surface area (Å²) in [6, 6.07) is 18.5. The Hall–Kier alpha value is -3.12. The molecule has 0 unspecified atom stereocenters. The molecule has 0 N–H and O–H groups in total. The van der Waals surface area contributed by atoms with E-state index in [-0.39, 0.29) is 30.2 Å². The minimum atomic E-state index is -0.385. The Balaban J connectivity index is 1.65. The molecule has 0 spiro atoms. The molecule has 4 rings (SSSR count). The van der Waals surface area contributed by atoms with Crippen molar-refractivity contribution in [1.29, 1.82) is 0 Å². The van der Waals surface area contributed by atoms with Crippen molar-refractivity contribution in [2.24, 2.45) is 0 Å². The number of aromatic nitrogens is 2. The lowest BCUT2D eigenvalue weighted by atomic mass is 10.0. The molecule has 0 aliphatic rings. The van der Waals surface area contributed by atoms with Crippen molar-refractivity contribution < 1.29 is 9.18 Å². The summed E-state index contributed by atoms with van der Waals surface area (Å²) in [5.74, 6) is -0.0463. The standard InChI is InChI=1S/C24H22FN3OS/c1-16(2)18-11-9-17(10-12-18)14-22(29)28(15-19-6-3-4-13-26-19)24-27-23-20(25)7-5-8-21(23)30-24/h3-13,16H,14-15H2,1-2H3. The summed E-state index contributed by atoms with van der Waals surface area (Å²) >= 11 is 1.31. The highest BCUT2D eigenvalue weighted by molar-refractivity contribution is 7.22. The van der Waals surface area contributed by atoms with Crippen molar-refractivity contribution in [3.8, 4) is 0 Å². The number of halogens is 1. The molecule has 0 radical (unpaired) electrons. The third-order valence-electron chi connectivity index (χ3n) is 4.94. The molecule has 0 saturated carbocycles. The van der Waals surface area contributed by atoms with Crippen molar-refractivity contribution in [1.82, 2.24) is 9.97 Å². The van der Waals surface area contributed by atoms with Gasteiger partial charge in [0.05, 0.1) is 23.4 Å². The quantitative estimate of drug-likeness (QED) is 0.401. The van der Waals surface area contributed by atoms with Gasteiger partial charge in [-0.2, -0.15) is 0 Å². The summed E-state index contributed by atoms with van der Waals surface area (Å²) in [6.07, 6.45) is 1.93. The van der Waals surface area contributed by atoms with Gasteiger partial charge in [0.2, 0.25) is 5.91 Å². The minimum Gasteiger partial charge on any atom is -0.282 e. The van der Waals surface area contributed by atoms with Gasteiger partial charge in [0, 0.05) is 6.20 Å². The van der Waals surface area contributed by atoms with E-state index in [0.717, 1.165) is 11.3 Å². The molecule has 1 amide bonds. The van der Waals surface area contributed by atoms with Gasteiger partial charge < -0.3 is 0 Å². The van der Waals surface area contributed by atoms with E-state index in [1.807, 2.05) is 36.4 Å². The Bertz CT molecular complexity index is 1160. The van der Waals surface area contributed by atoms with Crippen LogP contribution in [0.25, 0.3) is 10.2 Å². The molecule has 6 heteroatoms. The van der Waals surface area contributed by atoms with Gasteiger partial charge in [-0.1, -0.05) is 61.6 Å². The van der Waals surface area contributed by atoms with Crippen LogP contribution in [0.3, 0.4) is 0 Å². The van der Waals surface area contributed by atoms with E-state index in [2.05, 4.69) is 35.9 Å². The molecule has 0 atom stereocenters. The number of pyridine rings is 1. The van der Waals surface area contributed by atoms with Gasteiger partial charge in [0.25, 0.3) is 0 Å². The molecule has 0 bridgehead atoms. The predicted octanol–water partition coefficient (Wildman–Crippen LogP) is 5.73. The molecule has 4 aromatic rings. The second kappa shape index (κ2) is 8.71. The van der Waals surface area contributed by atoms with E-state index in [1.165, 1.54) is 23.0 Å². The number of thiazole rings is 1. The normalized spacial score (nSPS) is 11.2. The third-order valence-corrected chi connectivity index (χ3v) is 5.98. The van der Waals surface area contributed by atoms with Crippen LogP contribution in [0.1, 0.15) is 36.6 Å². The van der Waals surface area contributed by atoms with E-state index < -0.39 is 0 Å². The average molecular weight is 420 g/mol. The Morgan fingerprint density at radius 1 is 1.07 bits per heavy atom. The summed E-state index contributed by atoms with van der Waals surface area (Å²) in [4.78, 5) is 23.6. The number of fused-ring (bicyclic) bond motifs is 1. The highest BCUT2D eigenvalue weighted by Gasteiger charge is 2.22. The second-order valence-corrected chi connectivity index (χ2v) is 8.47. The zero-order chi connectivity index (χ0) is 21.1. The smallest absolute Gasteiger partial charge is 0.233 e. The molecular weight excluding hydrogens is 397 g/mol. The first kappa shape index (κ1) is 20.2. The average Bonchev–Trinajstić information content (AvgIpc) is 3.18. The maximum absolute atomic E-state index is 14.2. The maximum Gasteiger partial charge on any atom is 0.233 e. The van der Waals surface area contributed by atoms with Crippen LogP contribution >= 0.6 is 11.3 Å². The van der Waals surface area contributed by atoms with E-state index in [9.17, 15) is 9.18 Å². The van der Waals surface area contributed by atoms with E-state index in [1.54, 1.807) is 17.2 Å². The number of hydrogen-bond acceptors (Lipinski definition) is 4. The van der Waals surface area contributed by atoms with E-state index in [0.29, 0.717) is 15.7 Å². The topological polar surface area (TPSA) is 46.1 Å². The number of benzene rings is 2. The fraction of sp³-hybridized carbons (Fsp3) is 0.208. The highest BCUT2D eigenvalue weighted by atomic mass is 32.1. The van der Waals surface area contributed by atoms with Gasteiger partial charge in [-0.15, -0.1) is 0 Å². The largest absolute Gasteiger partial charge is 0.282 e. The fourth-order valence-electron chi connectivity index (χ4n) is 3.23. The number of para-hydroxylation sites is 1. The molecule has 152 valence electrons. The van der Waals surface area contributed by atoms with Gasteiger partial charge in [-0.25, -0.2) is 9.37 Å². The first-order valence-electron chi connectivity index (χ1n) is 9.85. The van der Waals surface area contributed by atoms with Crippen LogP contribution in [0.15, 0.2) is 66.9 Å². The van der Waals surface area contributed by atoms with Crippen LogP contribution in [-0.2, 0) is 17.8 Å². The Labute approximate surface area is 179 Å². The molecule has 2 aromatic carbocycles. The molecule has 0 fully saturated rings. The summed E-state index contributed by atoms with van der Waals surface area (Å²) in [6.45, 7) is 4.56. The summed E-state index contributed by atoms with van der Waals surface area (Å²) in [5, 5.41) is 0.476. The molecule has 0 saturated heterocycles. The zero-order valence-electron chi connectivity index (χ0n) is 16.9. The lowest BCUT2D eigenvalue weighted by Gasteiger charge is -2.20. The molecule has 0 aliphatic heterocycles. The molecular formula is C24H22FN3OS. The van der Waals surface area contributed by atoms with Gasteiger partial charge in [0.1, 0.15) is 11.3 Å². The molecule has 4 nitrogen and oxygen atoms in total. The minimum absolute atomic E-state index is 0.0996. The molecule has 30 heavy (non-hydrogen) atoms. The maximum atomic E-state index is 14.2. The number of carbonyl (C=O) groups is 1. The predicted molar refractivity (Wildman–Crippen MR) is 119 cm³/mol. The Morgan fingerprint density at radius 3 is 2.53 bits per heavy atom.